The van der Waals surface area contributed by atoms with Gasteiger partial charge < -0.3 is 10.1 Å². The summed E-state index contributed by atoms with van der Waals surface area (Å²) >= 11 is 0. The predicted molar refractivity (Wildman–Crippen MR) is 83.4 cm³/mol. The van der Waals surface area contributed by atoms with Gasteiger partial charge in [0, 0.05) is 49.2 Å². The summed E-state index contributed by atoms with van der Waals surface area (Å²) in [6, 6.07) is 0. The molecule has 0 saturated heterocycles. The van der Waals surface area contributed by atoms with Crippen molar-refractivity contribution < 1.29 is 4.74 Å². The van der Waals surface area contributed by atoms with Gasteiger partial charge in [0.25, 0.3) is 0 Å². The number of methoxy groups -OCH3 is 1. The maximum absolute atomic E-state index is 5.44. The van der Waals surface area contributed by atoms with Gasteiger partial charge >= 0.3 is 0 Å². The van der Waals surface area contributed by atoms with Crippen molar-refractivity contribution in [1.82, 2.24) is 20.1 Å². The molecule has 0 spiro atoms. The highest BCUT2D eigenvalue weighted by molar-refractivity contribution is 5.41. The van der Waals surface area contributed by atoms with Crippen molar-refractivity contribution in [3.63, 3.8) is 0 Å². The van der Waals surface area contributed by atoms with Crippen molar-refractivity contribution in [2.75, 3.05) is 7.11 Å². The Morgan fingerprint density at radius 3 is 2.67 bits per heavy atom. The van der Waals surface area contributed by atoms with Crippen LogP contribution in [0, 0.1) is 13.8 Å². The lowest BCUT2D eigenvalue weighted by Crippen LogP contribution is -2.15. The molecule has 114 valence electrons. The van der Waals surface area contributed by atoms with E-state index in [4.69, 9.17) is 4.74 Å². The minimum Gasteiger partial charge on any atom is -0.496 e. The van der Waals surface area contributed by atoms with Gasteiger partial charge in [-0.3, -0.25) is 9.67 Å². The van der Waals surface area contributed by atoms with Gasteiger partial charge in [-0.2, -0.15) is 5.10 Å². The smallest absolute Gasteiger partial charge is 0.128 e. The molecule has 2 aromatic rings. The van der Waals surface area contributed by atoms with Gasteiger partial charge in [-0.05, 0) is 20.3 Å². The maximum atomic E-state index is 5.44. The zero-order chi connectivity index (χ0) is 15.4. The van der Waals surface area contributed by atoms with E-state index in [1.54, 1.807) is 7.11 Å². The molecule has 0 amide bonds. The van der Waals surface area contributed by atoms with Crippen LogP contribution in [0.3, 0.4) is 0 Å². The molecule has 2 rings (SSSR count). The van der Waals surface area contributed by atoms with Crippen LogP contribution in [0.15, 0.2) is 12.4 Å². The fraction of sp³-hybridized carbons (Fsp3) is 0.500. The number of rotatable bonds is 6. The molecule has 5 heteroatoms. The van der Waals surface area contributed by atoms with Crippen LogP contribution in [0.2, 0.25) is 0 Å². The van der Waals surface area contributed by atoms with Crippen LogP contribution >= 0.6 is 0 Å². The summed E-state index contributed by atoms with van der Waals surface area (Å²) in [5.74, 6) is 0.928. The predicted octanol–water partition coefficient (Wildman–Crippen LogP) is 2.29. The van der Waals surface area contributed by atoms with Gasteiger partial charge in [0.15, 0.2) is 0 Å². The Hall–Kier alpha value is -1.88. The van der Waals surface area contributed by atoms with Crippen molar-refractivity contribution in [2.45, 2.75) is 40.3 Å². The fourth-order valence-electron chi connectivity index (χ4n) is 2.59. The first-order valence-electron chi connectivity index (χ1n) is 7.28. The summed E-state index contributed by atoms with van der Waals surface area (Å²) in [7, 11) is 3.66. The second kappa shape index (κ2) is 6.72. The third-order valence-corrected chi connectivity index (χ3v) is 3.68. The largest absolute Gasteiger partial charge is 0.496 e. The van der Waals surface area contributed by atoms with Crippen LogP contribution in [0.5, 0.6) is 5.75 Å². The summed E-state index contributed by atoms with van der Waals surface area (Å²) in [5.41, 5.74) is 5.60. The SMILES string of the molecule is CCc1nn(C)cc1CNCc1ncc(C)c(OC)c1C. The number of aromatic nitrogens is 3. The number of pyridine rings is 1. The van der Waals surface area contributed by atoms with E-state index in [0.717, 1.165) is 47.8 Å². The molecule has 0 fully saturated rings. The van der Waals surface area contributed by atoms with E-state index < -0.39 is 0 Å². The number of hydrogen-bond donors (Lipinski definition) is 1. The number of nitrogens with one attached hydrogen (secondary N) is 1. The second-order valence-corrected chi connectivity index (χ2v) is 5.28. The van der Waals surface area contributed by atoms with Crippen molar-refractivity contribution in [3.8, 4) is 5.75 Å². The van der Waals surface area contributed by atoms with Gasteiger partial charge in [-0.1, -0.05) is 6.92 Å². The first-order valence-corrected chi connectivity index (χ1v) is 7.28. The summed E-state index contributed by atoms with van der Waals surface area (Å²) in [4.78, 5) is 4.50. The van der Waals surface area contributed by atoms with E-state index in [-0.39, 0.29) is 0 Å². The zero-order valence-corrected chi connectivity index (χ0v) is 13.5. The van der Waals surface area contributed by atoms with Crippen LogP contribution in [0.1, 0.15) is 35.0 Å². The molecule has 0 saturated carbocycles. The minimum atomic E-state index is 0.723. The number of nitrogens with zero attached hydrogens (tertiary/aromatic N) is 3. The summed E-state index contributed by atoms with van der Waals surface area (Å²) in [6.07, 6.45) is 4.89. The monoisotopic (exact) mass is 288 g/mol. The first-order chi connectivity index (χ1) is 10.1. The number of aryl methyl sites for hydroxylation is 3. The molecule has 2 aromatic heterocycles. The van der Waals surface area contributed by atoms with Gasteiger partial charge in [-0.15, -0.1) is 0 Å². The summed E-state index contributed by atoms with van der Waals surface area (Å²) < 4.78 is 7.31. The third-order valence-electron chi connectivity index (χ3n) is 3.68. The summed E-state index contributed by atoms with van der Waals surface area (Å²) in [5, 5.41) is 7.90. The maximum Gasteiger partial charge on any atom is 0.128 e. The van der Waals surface area contributed by atoms with Crippen LogP contribution in [-0.2, 0) is 26.6 Å². The second-order valence-electron chi connectivity index (χ2n) is 5.28. The van der Waals surface area contributed by atoms with Gasteiger partial charge in [0.2, 0.25) is 0 Å². The molecule has 1 N–H and O–H groups in total. The average Bonchev–Trinajstić information content (AvgIpc) is 2.82. The van der Waals surface area contributed by atoms with Gasteiger partial charge in [0.05, 0.1) is 18.5 Å². The summed E-state index contributed by atoms with van der Waals surface area (Å²) in [6.45, 7) is 7.72. The molecule has 0 aliphatic rings. The average molecular weight is 288 g/mol. The Bertz CT molecular complexity index is 619. The Balaban J connectivity index is 2.04. The molecule has 0 unspecified atom stereocenters. The Morgan fingerprint density at radius 1 is 1.24 bits per heavy atom. The molecular weight excluding hydrogens is 264 g/mol. The number of hydrogen-bond acceptors (Lipinski definition) is 4. The van der Waals surface area contributed by atoms with E-state index in [1.807, 2.05) is 24.9 Å². The van der Waals surface area contributed by atoms with Gasteiger partial charge in [-0.25, -0.2) is 0 Å². The molecule has 21 heavy (non-hydrogen) atoms. The quantitative estimate of drug-likeness (QED) is 0.886. The Morgan fingerprint density at radius 2 is 2.00 bits per heavy atom. The standard InChI is InChI=1S/C16H24N4O/c1-6-14-13(10-20(4)19-14)8-17-9-15-12(3)16(21-5)11(2)7-18-15/h7,10,17H,6,8-9H2,1-5H3. The van der Waals surface area contributed by atoms with Crippen molar-refractivity contribution in [1.29, 1.82) is 0 Å². The van der Waals surface area contributed by atoms with E-state index in [0.29, 0.717) is 0 Å². The molecule has 0 aromatic carbocycles. The molecule has 0 atom stereocenters. The molecule has 0 radical (unpaired) electrons. The topological polar surface area (TPSA) is 52.0 Å². The van der Waals surface area contributed by atoms with E-state index in [1.165, 1.54) is 5.56 Å². The molecular formula is C16H24N4O. The highest BCUT2D eigenvalue weighted by Crippen LogP contribution is 2.23. The van der Waals surface area contributed by atoms with E-state index in [2.05, 4.69) is 35.4 Å². The Labute approximate surface area is 126 Å². The molecule has 5 nitrogen and oxygen atoms in total. The van der Waals surface area contributed by atoms with Crippen LogP contribution in [-0.4, -0.2) is 21.9 Å². The number of ether oxygens (including phenoxy) is 1. The van der Waals surface area contributed by atoms with Crippen molar-refractivity contribution in [2.24, 2.45) is 7.05 Å². The lowest BCUT2D eigenvalue weighted by atomic mass is 10.1. The highest BCUT2D eigenvalue weighted by atomic mass is 16.5. The lowest BCUT2D eigenvalue weighted by Gasteiger charge is -2.12. The van der Waals surface area contributed by atoms with Gasteiger partial charge in [0.1, 0.15) is 5.75 Å². The molecule has 0 aliphatic carbocycles. The molecule has 2 heterocycles. The third kappa shape index (κ3) is 3.42. The van der Waals surface area contributed by atoms with Crippen molar-refractivity contribution >= 4 is 0 Å². The fourth-order valence-corrected chi connectivity index (χ4v) is 2.59. The zero-order valence-electron chi connectivity index (χ0n) is 13.5. The van der Waals surface area contributed by atoms with Crippen LogP contribution in [0.4, 0.5) is 0 Å². The van der Waals surface area contributed by atoms with Crippen LogP contribution in [0.25, 0.3) is 0 Å². The Kier molecular flexibility index (Phi) is 4.96. The first kappa shape index (κ1) is 15.5. The minimum absolute atomic E-state index is 0.723. The van der Waals surface area contributed by atoms with Crippen LogP contribution < -0.4 is 10.1 Å². The lowest BCUT2D eigenvalue weighted by molar-refractivity contribution is 0.406. The van der Waals surface area contributed by atoms with Crippen molar-refractivity contribution in [3.05, 3.63) is 40.5 Å². The van der Waals surface area contributed by atoms with E-state index >= 15 is 0 Å². The normalized spacial score (nSPS) is 10.9. The highest BCUT2D eigenvalue weighted by Gasteiger charge is 2.10. The molecule has 0 aliphatic heterocycles. The van der Waals surface area contributed by atoms with E-state index in [9.17, 15) is 0 Å². The molecule has 0 bridgehead atoms.